The number of anilines is 2. The van der Waals surface area contributed by atoms with Crippen molar-refractivity contribution in [2.24, 2.45) is 0 Å². The van der Waals surface area contributed by atoms with Gasteiger partial charge in [-0.1, -0.05) is 12.1 Å². The molecular weight excluding hydrogens is 224 g/mol. The van der Waals surface area contributed by atoms with Crippen molar-refractivity contribution in [2.75, 3.05) is 11.5 Å². The number of aryl methyl sites for hydroxylation is 2. The minimum Gasteiger partial charge on any atom is -0.399 e. The first-order chi connectivity index (χ1) is 8.63. The van der Waals surface area contributed by atoms with E-state index in [0.717, 1.165) is 12.8 Å². The van der Waals surface area contributed by atoms with E-state index < -0.39 is 0 Å². The minimum atomic E-state index is -0.0244. The summed E-state index contributed by atoms with van der Waals surface area (Å²) in [5.74, 6) is -0.0244. The van der Waals surface area contributed by atoms with Gasteiger partial charge < -0.3 is 11.5 Å². The summed E-state index contributed by atoms with van der Waals surface area (Å²) < 4.78 is 0. The van der Waals surface area contributed by atoms with Gasteiger partial charge >= 0.3 is 0 Å². The quantitative estimate of drug-likeness (QED) is 0.622. The summed E-state index contributed by atoms with van der Waals surface area (Å²) in [6, 6.07) is 10.9. The van der Waals surface area contributed by atoms with Crippen LogP contribution < -0.4 is 11.5 Å². The van der Waals surface area contributed by atoms with Crippen molar-refractivity contribution in [2.45, 2.75) is 12.8 Å². The Morgan fingerprint density at radius 2 is 1.50 bits per heavy atom. The predicted octanol–water partition coefficient (Wildman–Crippen LogP) is 2.18. The van der Waals surface area contributed by atoms with Gasteiger partial charge in [-0.3, -0.25) is 4.79 Å². The van der Waals surface area contributed by atoms with Gasteiger partial charge in [0.15, 0.2) is 5.78 Å². The van der Waals surface area contributed by atoms with Gasteiger partial charge in [0.1, 0.15) is 0 Å². The number of hydrogen-bond donors (Lipinski definition) is 2. The van der Waals surface area contributed by atoms with Crippen molar-refractivity contribution < 1.29 is 4.79 Å². The standard InChI is InChI=1S/C15H14N2O/c16-13-6-12(7-14(17)8-13)15(18)11-4-2-9-1-3-10(9)5-11/h2,4-8H,1,3,16-17H2. The fraction of sp³-hybridized carbons (Fsp3) is 0.133. The van der Waals surface area contributed by atoms with Gasteiger partial charge in [0.05, 0.1) is 0 Å². The number of carbonyl (C=O) groups is 1. The molecule has 0 unspecified atom stereocenters. The van der Waals surface area contributed by atoms with Gasteiger partial charge in [-0.2, -0.15) is 0 Å². The molecule has 0 heterocycles. The van der Waals surface area contributed by atoms with Crippen LogP contribution in [0.3, 0.4) is 0 Å². The average Bonchev–Trinajstić information content (AvgIpc) is 2.29. The van der Waals surface area contributed by atoms with Crippen LogP contribution in [0.15, 0.2) is 36.4 Å². The Morgan fingerprint density at radius 1 is 0.833 bits per heavy atom. The topological polar surface area (TPSA) is 69.1 Å². The molecule has 0 aromatic heterocycles. The normalized spacial score (nSPS) is 12.7. The Labute approximate surface area is 105 Å². The number of nitrogens with two attached hydrogens (primary N) is 2. The minimum absolute atomic E-state index is 0.0244. The Hall–Kier alpha value is -2.29. The monoisotopic (exact) mass is 238 g/mol. The second-order valence-electron chi connectivity index (χ2n) is 4.70. The molecule has 0 atom stereocenters. The van der Waals surface area contributed by atoms with E-state index in [2.05, 4.69) is 0 Å². The summed E-state index contributed by atoms with van der Waals surface area (Å²) in [5.41, 5.74) is 16.3. The summed E-state index contributed by atoms with van der Waals surface area (Å²) >= 11 is 0. The highest BCUT2D eigenvalue weighted by Gasteiger charge is 2.16. The first kappa shape index (κ1) is 10.8. The molecule has 90 valence electrons. The predicted molar refractivity (Wildman–Crippen MR) is 72.5 cm³/mol. The Morgan fingerprint density at radius 3 is 2.06 bits per heavy atom. The maximum absolute atomic E-state index is 12.3. The number of ketones is 1. The van der Waals surface area contributed by atoms with Crippen molar-refractivity contribution >= 4 is 17.2 Å². The Kier molecular flexibility index (Phi) is 2.33. The summed E-state index contributed by atoms with van der Waals surface area (Å²) in [4.78, 5) is 12.3. The Balaban J connectivity index is 2.00. The maximum Gasteiger partial charge on any atom is 0.193 e. The smallest absolute Gasteiger partial charge is 0.193 e. The van der Waals surface area contributed by atoms with Crippen molar-refractivity contribution in [1.29, 1.82) is 0 Å². The first-order valence-electron chi connectivity index (χ1n) is 5.96. The van der Waals surface area contributed by atoms with Gasteiger partial charge in [0, 0.05) is 22.5 Å². The maximum atomic E-state index is 12.3. The number of fused-ring (bicyclic) bond motifs is 1. The molecule has 0 amide bonds. The lowest BCUT2D eigenvalue weighted by Crippen LogP contribution is -2.11. The molecule has 1 aliphatic rings. The third kappa shape index (κ3) is 1.74. The molecular formula is C15H14N2O. The zero-order valence-electron chi connectivity index (χ0n) is 9.94. The van der Waals surface area contributed by atoms with Crippen molar-refractivity contribution in [3.8, 4) is 0 Å². The molecule has 18 heavy (non-hydrogen) atoms. The van der Waals surface area contributed by atoms with Crippen LogP contribution in [-0.4, -0.2) is 5.78 Å². The highest BCUT2D eigenvalue weighted by Crippen LogP contribution is 2.25. The molecule has 2 aromatic rings. The summed E-state index contributed by atoms with van der Waals surface area (Å²) in [6.45, 7) is 0. The molecule has 0 bridgehead atoms. The SMILES string of the molecule is Nc1cc(N)cc(C(=O)c2ccc3c(c2)CC3)c1. The molecule has 1 aliphatic carbocycles. The number of nitrogen functional groups attached to an aromatic ring is 2. The number of rotatable bonds is 2. The lowest BCUT2D eigenvalue weighted by molar-refractivity contribution is 0.103. The summed E-state index contributed by atoms with van der Waals surface area (Å²) in [7, 11) is 0. The highest BCUT2D eigenvalue weighted by molar-refractivity contribution is 6.10. The lowest BCUT2D eigenvalue weighted by atomic mass is 9.86. The summed E-state index contributed by atoms with van der Waals surface area (Å²) in [5, 5.41) is 0. The van der Waals surface area contributed by atoms with Gasteiger partial charge in [-0.05, 0) is 48.2 Å². The highest BCUT2D eigenvalue weighted by atomic mass is 16.1. The average molecular weight is 238 g/mol. The van der Waals surface area contributed by atoms with Crippen LogP contribution in [0.4, 0.5) is 11.4 Å². The van der Waals surface area contributed by atoms with Crippen LogP contribution >= 0.6 is 0 Å². The van der Waals surface area contributed by atoms with Crippen molar-refractivity contribution in [1.82, 2.24) is 0 Å². The number of hydrogen-bond acceptors (Lipinski definition) is 3. The van der Waals surface area contributed by atoms with E-state index in [1.54, 1.807) is 18.2 Å². The molecule has 3 nitrogen and oxygen atoms in total. The van der Waals surface area contributed by atoms with Crippen LogP contribution in [-0.2, 0) is 12.8 Å². The van der Waals surface area contributed by atoms with Gasteiger partial charge in [-0.15, -0.1) is 0 Å². The van der Waals surface area contributed by atoms with Gasteiger partial charge in [0.25, 0.3) is 0 Å². The van der Waals surface area contributed by atoms with Crippen LogP contribution in [0, 0.1) is 0 Å². The fourth-order valence-corrected chi connectivity index (χ4v) is 2.31. The second kappa shape index (κ2) is 3.88. The molecule has 0 spiro atoms. The molecule has 3 rings (SSSR count). The molecule has 0 radical (unpaired) electrons. The van der Waals surface area contributed by atoms with E-state index in [1.807, 2.05) is 18.2 Å². The van der Waals surface area contributed by atoms with Gasteiger partial charge in [-0.25, -0.2) is 0 Å². The van der Waals surface area contributed by atoms with E-state index in [9.17, 15) is 4.79 Å². The largest absolute Gasteiger partial charge is 0.399 e. The first-order valence-corrected chi connectivity index (χ1v) is 5.96. The molecule has 2 aromatic carbocycles. The zero-order chi connectivity index (χ0) is 12.7. The number of benzene rings is 2. The van der Waals surface area contributed by atoms with E-state index in [1.165, 1.54) is 11.1 Å². The third-order valence-electron chi connectivity index (χ3n) is 3.37. The van der Waals surface area contributed by atoms with E-state index in [4.69, 9.17) is 11.5 Å². The van der Waals surface area contributed by atoms with Crippen LogP contribution in [0.1, 0.15) is 27.0 Å². The van der Waals surface area contributed by atoms with E-state index >= 15 is 0 Å². The molecule has 0 fully saturated rings. The molecule has 3 heteroatoms. The second-order valence-corrected chi connectivity index (χ2v) is 4.70. The lowest BCUT2D eigenvalue weighted by Gasteiger charge is -2.19. The van der Waals surface area contributed by atoms with Crippen molar-refractivity contribution in [3.05, 3.63) is 58.7 Å². The van der Waals surface area contributed by atoms with Crippen LogP contribution in [0.25, 0.3) is 0 Å². The fourth-order valence-electron chi connectivity index (χ4n) is 2.31. The molecule has 0 saturated heterocycles. The third-order valence-corrected chi connectivity index (χ3v) is 3.37. The van der Waals surface area contributed by atoms with Crippen LogP contribution in [0.5, 0.6) is 0 Å². The molecule has 0 aliphatic heterocycles. The van der Waals surface area contributed by atoms with Crippen molar-refractivity contribution in [3.63, 3.8) is 0 Å². The summed E-state index contributed by atoms with van der Waals surface area (Å²) in [6.07, 6.45) is 2.19. The zero-order valence-corrected chi connectivity index (χ0v) is 9.94. The van der Waals surface area contributed by atoms with E-state index in [-0.39, 0.29) is 5.78 Å². The van der Waals surface area contributed by atoms with E-state index in [0.29, 0.717) is 22.5 Å². The molecule has 0 saturated carbocycles. The van der Waals surface area contributed by atoms with Crippen LogP contribution in [0.2, 0.25) is 0 Å². The molecule has 4 N–H and O–H groups in total. The number of carbonyl (C=O) groups excluding carboxylic acids is 1. The Bertz CT molecular complexity index is 627. The van der Waals surface area contributed by atoms with Gasteiger partial charge in [0.2, 0.25) is 0 Å².